The highest BCUT2D eigenvalue weighted by atomic mass is 16.3. The molecule has 0 aliphatic rings. The van der Waals surface area contributed by atoms with E-state index in [-0.39, 0.29) is 0 Å². The zero-order chi connectivity index (χ0) is 36.3. The molecule has 0 saturated heterocycles. The standard InChI is InChI=1S/C50H30N4O/c1-3-12-31(13-4-1)48-52-49(32-14-5-2-6-15-32)54-50(53-48)37-18-11-17-33(26-37)34-22-24-45-42(28-34)43-29-35(23-25-46(43)55-45)41-30-38-27-36-16-7-10-21-44(36)51-47(38)40-20-9-8-19-39(40)41/h1-30H. The van der Waals surface area contributed by atoms with Gasteiger partial charge in [0.05, 0.1) is 11.0 Å². The molecule has 3 aromatic heterocycles. The molecule has 0 aliphatic heterocycles. The summed E-state index contributed by atoms with van der Waals surface area (Å²) in [5.74, 6) is 1.90. The Morgan fingerprint density at radius 3 is 1.58 bits per heavy atom. The van der Waals surface area contributed by atoms with Crippen molar-refractivity contribution in [1.29, 1.82) is 0 Å². The van der Waals surface area contributed by atoms with E-state index in [1.54, 1.807) is 0 Å². The van der Waals surface area contributed by atoms with Gasteiger partial charge >= 0.3 is 0 Å². The van der Waals surface area contributed by atoms with E-state index >= 15 is 0 Å². The van der Waals surface area contributed by atoms with Crippen LogP contribution in [0.15, 0.2) is 186 Å². The van der Waals surface area contributed by atoms with Gasteiger partial charge in [0, 0.05) is 43.6 Å². The molecule has 0 unspecified atom stereocenters. The van der Waals surface area contributed by atoms with E-state index in [1.807, 2.05) is 66.7 Å². The first-order chi connectivity index (χ1) is 27.2. The molecule has 0 bridgehead atoms. The molecule has 55 heavy (non-hydrogen) atoms. The van der Waals surface area contributed by atoms with Gasteiger partial charge in [0.15, 0.2) is 17.5 Å². The molecule has 8 aromatic carbocycles. The van der Waals surface area contributed by atoms with Crippen molar-refractivity contribution in [3.05, 3.63) is 182 Å². The topological polar surface area (TPSA) is 64.7 Å². The van der Waals surface area contributed by atoms with E-state index in [2.05, 4.69) is 115 Å². The van der Waals surface area contributed by atoms with E-state index in [1.165, 1.54) is 10.9 Å². The lowest BCUT2D eigenvalue weighted by Gasteiger charge is -2.12. The van der Waals surface area contributed by atoms with E-state index in [0.717, 1.165) is 82.5 Å². The Morgan fingerprint density at radius 2 is 0.855 bits per heavy atom. The predicted octanol–water partition coefficient (Wildman–Crippen LogP) is 13.0. The minimum atomic E-state index is 0.625. The van der Waals surface area contributed by atoms with Gasteiger partial charge in [-0.2, -0.15) is 0 Å². The Balaban J connectivity index is 1.03. The summed E-state index contributed by atoms with van der Waals surface area (Å²) in [4.78, 5) is 19.9. The fraction of sp³-hybridized carbons (Fsp3) is 0. The second-order valence-corrected chi connectivity index (χ2v) is 13.9. The van der Waals surface area contributed by atoms with Crippen LogP contribution in [-0.4, -0.2) is 19.9 Å². The molecule has 0 radical (unpaired) electrons. The Bertz CT molecular complexity index is 3210. The molecule has 256 valence electrons. The smallest absolute Gasteiger partial charge is 0.164 e. The first-order valence-corrected chi connectivity index (χ1v) is 18.4. The average Bonchev–Trinajstić information content (AvgIpc) is 3.63. The highest BCUT2D eigenvalue weighted by molar-refractivity contribution is 6.15. The monoisotopic (exact) mass is 702 g/mol. The first kappa shape index (κ1) is 31.1. The molecular weight excluding hydrogens is 673 g/mol. The van der Waals surface area contributed by atoms with Crippen LogP contribution < -0.4 is 0 Å². The first-order valence-electron chi connectivity index (χ1n) is 18.4. The van der Waals surface area contributed by atoms with Gasteiger partial charge in [0.2, 0.25) is 0 Å². The van der Waals surface area contributed by atoms with Crippen molar-refractivity contribution >= 4 is 54.5 Å². The molecule has 0 spiro atoms. The molecule has 0 fully saturated rings. The van der Waals surface area contributed by atoms with Gasteiger partial charge in [-0.15, -0.1) is 0 Å². The second-order valence-electron chi connectivity index (χ2n) is 13.9. The SMILES string of the molecule is c1ccc(-c2nc(-c3ccccc3)nc(-c3cccc(-c4ccc5oc6ccc(-c7cc8cc9ccccc9nc8c8ccccc78)cc6c5c4)c3)n2)cc1. The van der Waals surface area contributed by atoms with Crippen molar-refractivity contribution < 1.29 is 4.42 Å². The lowest BCUT2D eigenvalue weighted by molar-refractivity contribution is 0.669. The van der Waals surface area contributed by atoms with Crippen LogP contribution in [0.1, 0.15) is 0 Å². The number of furan rings is 1. The van der Waals surface area contributed by atoms with Crippen molar-refractivity contribution in [2.24, 2.45) is 0 Å². The number of rotatable bonds is 5. The molecular formula is C50H30N4O. The fourth-order valence-corrected chi connectivity index (χ4v) is 7.75. The van der Waals surface area contributed by atoms with Gasteiger partial charge in [-0.25, -0.2) is 19.9 Å². The minimum absolute atomic E-state index is 0.625. The number of benzene rings is 8. The summed E-state index contributed by atoms with van der Waals surface area (Å²) >= 11 is 0. The molecule has 3 heterocycles. The molecule has 5 nitrogen and oxygen atoms in total. The van der Waals surface area contributed by atoms with Crippen molar-refractivity contribution in [3.63, 3.8) is 0 Å². The van der Waals surface area contributed by atoms with Crippen LogP contribution in [0.25, 0.3) is 111 Å². The van der Waals surface area contributed by atoms with Crippen LogP contribution in [-0.2, 0) is 0 Å². The third-order valence-electron chi connectivity index (χ3n) is 10.5. The summed E-state index contributed by atoms with van der Waals surface area (Å²) in [5.41, 5.74) is 11.0. The lowest BCUT2D eigenvalue weighted by atomic mass is 9.93. The van der Waals surface area contributed by atoms with Gasteiger partial charge in [0.25, 0.3) is 0 Å². The van der Waals surface area contributed by atoms with Gasteiger partial charge in [0.1, 0.15) is 11.2 Å². The summed E-state index contributed by atoms with van der Waals surface area (Å²) in [6.45, 7) is 0. The number of hydrogen-bond donors (Lipinski definition) is 0. The van der Waals surface area contributed by atoms with E-state index in [4.69, 9.17) is 24.4 Å². The normalized spacial score (nSPS) is 11.6. The summed E-state index contributed by atoms with van der Waals surface area (Å²) in [6.07, 6.45) is 0. The summed E-state index contributed by atoms with van der Waals surface area (Å²) < 4.78 is 6.41. The maximum absolute atomic E-state index is 6.41. The minimum Gasteiger partial charge on any atom is -0.456 e. The highest BCUT2D eigenvalue weighted by Gasteiger charge is 2.16. The van der Waals surface area contributed by atoms with Gasteiger partial charge < -0.3 is 4.42 Å². The van der Waals surface area contributed by atoms with Crippen molar-refractivity contribution in [1.82, 2.24) is 19.9 Å². The molecule has 11 rings (SSSR count). The maximum atomic E-state index is 6.41. The number of aromatic nitrogens is 4. The quantitative estimate of drug-likeness (QED) is 0.132. The Kier molecular flexibility index (Phi) is 7.10. The fourth-order valence-electron chi connectivity index (χ4n) is 7.75. The summed E-state index contributed by atoms with van der Waals surface area (Å²) in [6, 6.07) is 62.9. The number of fused-ring (bicyclic) bond motifs is 7. The van der Waals surface area contributed by atoms with Crippen LogP contribution in [0.5, 0.6) is 0 Å². The Hall–Kier alpha value is -7.50. The zero-order valence-electron chi connectivity index (χ0n) is 29.5. The van der Waals surface area contributed by atoms with Gasteiger partial charge in [-0.1, -0.05) is 133 Å². The Morgan fingerprint density at radius 1 is 0.309 bits per heavy atom. The molecule has 0 amide bonds. The number of pyridine rings is 1. The Labute approximate surface area is 316 Å². The summed E-state index contributed by atoms with van der Waals surface area (Å²) in [7, 11) is 0. The lowest BCUT2D eigenvalue weighted by Crippen LogP contribution is -2.00. The third-order valence-corrected chi connectivity index (χ3v) is 10.5. The van der Waals surface area contributed by atoms with Gasteiger partial charge in [-0.05, 0) is 76.2 Å². The number of hydrogen-bond acceptors (Lipinski definition) is 5. The van der Waals surface area contributed by atoms with E-state index in [9.17, 15) is 0 Å². The molecule has 0 aliphatic carbocycles. The molecule has 11 aromatic rings. The largest absolute Gasteiger partial charge is 0.456 e. The van der Waals surface area contributed by atoms with E-state index in [0.29, 0.717) is 17.5 Å². The van der Waals surface area contributed by atoms with Crippen molar-refractivity contribution in [3.8, 4) is 56.4 Å². The van der Waals surface area contributed by atoms with Crippen LogP contribution in [0.2, 0.25) is 0 Å². The molecule has 0 atom stereocenters. The average molecular weight is 703 g/mol. The van der Waals surface area contributed by atoms with Crippen LogP contribution >= 0.6 is 0 Å². The molecule has 5 heteroatoms. The third kappa shape index (κ3) is 5.41. The second kappa shape index (κ2) is 12.6. The number of nitrogens with zero attached hydrogens (tertiary/aromatic N) is 4. The van der Waals surface area contributed by atoms with Crippen LogP contribution in [0.4, 0.5) is 0 Å². The molecule has 0 saturated carbocycles. The van der Waals surface area contributed by atoms with Crippen molar-refractivity contribution in [2.45, 2.75) is 0 Å². The summed E-state index contributed by atoms with van der Waals surface area (Å²) in [5, 5.41) is 6.71. The maximum Gasteiger partial charge on any atom is 0.164 e. The molecule has 0 N–H and O–H groups in total. The predicted molar refractivity (Wildman–Crippen MR) is 225 cm³/mol. The number of para-hydroxylation sites is 1. The van der Waals surface area contributed by atoms with Crippen molar-refractivity contribution in [2.75, 3.05) is 0 Å². The van der Waals surface area contributed by atoms with E-state index < -0.39 is 0 Å². The zero-order valence-corrected chi connectivity index (χ0v) is 29.5. The van der Waals surface area contributed by atoms with Crippen LogP contribution in [0.3, 0.4) is 0 Å². The van der Waals surface area contributed by atoms with Gasteiger partial charge in [-0.3, -0.25) is 0 Å². The highest BCUT2D eigenvalue weighted by Crippen LogP contribution is 2.39. The van der Waals surface area contributed by atoms with Crippen LogP contribution in [0, 0.1) is 0 Å².